The molecule has 7 nitrogen and oxygen atoms in total. The summed E-state index contributed by atoms with van der Waals surface area (Å²) < 4.78 is 1.61. The van der Waals surface area contributed by atoms with Gasteiger partial charge in [0.25, 0.3) is 0 Å². The van der Waals surface area contributed by atoms with Crippen LogP contribution in [0.25, 0.3) is 0 Å². The topological polar surface area (TPSA) is 75.9 Å². The molecule has 1 atom stereocenters. The van der Waals surface area contributed by atoms with Crippen molar-refractivity contribution in [1.82, 2.24) is 19.7 Å². The highest BCUT2D eigenvalue weighted by molar-refractivity contribution is 5.93. The molecule has 1 aliphatic rings. The molecule has 2 aromatic heterocycles. The first-order valence-electron chi connectivity index (χ1n) is 7.61. The van der Waals surface area contributed by atoms with Crippen LogP contribution in [0.1, 0.15) is 32.2 Å². The number of anilines is 2. The maximum absolute atomic E-state index is 12.2. The van der Waals surface area contributed by atoms with Crippen molar-refractivity contribution >= 4 is 17.5 Å². The number of nitrogens with zero attached hydrogens (tertiary/aromatic N) is 5. The van der Waals surface area contributed by atoms with E-state index in [4.69, 9.17) is 0 Å². The first-order valence-corrected chi connectivity index (χ1v) is 7.61. The Labute approximate surface area is 129 Å². The molecule has 1 saturated heterocycles. The Morgan fingerprint density at radius 1 is 1.23 bits per heavy atom. The molecule has 0 spiro atoms. The van der Waals surface area contributed by atoms with Crippen molar-refractivity contribution in [2.45, 2.75) is 32.2 Å². The molecule has 1 aliphatic heterocycles. The van der Waals surface area contributed by atoms with Gasteiger partial charge in [-0.25, -0.2) is 9.97 Å². The van der Waals surface area contributed by atoms with Crippen LogP contribution >= 0.6 is 0 Å². The van der Waals surface area contributed by atoms with Gasteiger partial charge in [-0.1, -0.05) is 0 Å². The van der Waals surface area contributed by atoms with Crippen LogP contribution in [0.15, 0.2) is 30.9 Å². The van der Waals surface area contributed by atoms with Gasteiger partial charge in [0.2, 0.25) is 11.9 Å². The van der Waals surface area contributed by atoms with E-state index >= 15 is 0 Å². The molecule has 3 rings (SSSR count). The predicted octanol–water partition coefficient (Wildman–Crippen LogP) is 1.86. The van der Waals surface area contributed by atoms with E-state index in [1.165, 1.54) is 19.3 Å². The second-order valence-electron chi connectivity index (χ2n) is 5.47. The summed E-state index contributed by atoms with van der Waals surface area (Å²) in [4.78, 5) is 23.1. The maximum atomic E-state index is 12.2. The molecule has 7 heteroatoms. The van der Waals surface area contributed by atoms with E-state index in [1.54, 1.807) is 42.5 Å². The zero-order valence-corrected chi connectivity index (χ0v) is 12.6. The van der Waals surface area contributed by atoms with Gasteiger partial charge in [-0.3, -0.25) is 9.48 Å². The van der Waals surface area contributed by atoms with Crippen LogP contribution in [0.4, 0.5) is 11.6 Å². The lowest BCUT2D eigenvalue weighted by atomic mass is 10.1. The number of nitrogens with one attached hydrogen (secondary N) is 1. The smallest absolute Gasteiger partial charge is 0.249 e. The fourth-order valence-electron chi connectivity index (χ4n) is 2.52. The quantitative estimate of drug-likeness (QED) is 0.932. The van der Waals surface area contributed by atoms with E-state index < -0.39 is 0 Å². The molecule has 0 aliphatic carbocycles. The number of hydrogen-bond acceptors (Lipinski definition) is 5. The molecule has 0 radical (unpaired) electrons. The lowest BCUT2D eigenvalue weighted by Gasteiger charge is -2.26. The van der Waals surface area contributed by atoms with Crippen molar-refractivity contribution in [3.05, 3.63) is 30.9 Å². The number of rotatable bonds is 4. The van der Waals surface area contributed by atoms with Crippen LogP contribution in [0, 0.1) is 0 Å². The van der Waals surface area contributed by atoms with Crippen LogP contribution in [-0.2, 0) is 4.79 Å². The first-order chi connectivity index (χ1) is 10.7. The maximum Gasteiger partial charge on any atom is 0.249 e. The van der Waals surface area contributed by atoms with Crippen LogP contribution in [0.3, 0.4) is 0 Å². The highest BCUT2D eigenvalue weighted by Crippen LogP contribution is 2.16. The average Bonchev–Trinajstić information content (AvgIpc) is 3.10. The summed E-state index contributed by atoms with van der Waals surface area (Å²) in [7, 11) is 0. The Morgan fingerprint density at radius 3 is 2.59 bits per heavy atom. The second kappa shape index (κ2) is 6.55. The zero-order chi connectivity index (χ0) is 15.4. The predicted molar refractivity (Wildman–Crippen MR) is 83.7 cm³/mol. The van der Waals surface area contributed by atoms with Crippen LogP contribution in [-0.4, -0.2) is 38.7 Å². The standard InChI is InChI=1S/C15H20N6O/c1-12(21-9-5-6-18-21)14(22)19-13-10-16-15(17-11-13)20-7-3-2-4-8-20/h5-6,9-12H,2-4,7-8H2,1H3,(H,19,22). The summed E-state index contributed by atoms with van der Waals surface area (Å²) in [6, 6.07) is 1.41. The van der Waals surface area contributed by atoms with Gasteiger partial charge in [-0.15, -0.1) is 0 Å². The normalized spacial score (nSPS) is 16.3. The van der Waals surface area contributed by atoms with Gasteiger partial charge in [0.1, 0.15) is 6.04 Å². The van der Waals surface area contributed by atoms with E-state index in [1.807, 2.05) is 0 Å². The molecule has 22 heavy (non-hydrogen) atoms. The molecule has 0 bridgehead atoms. The van der Waals surface area contributed by atoms with Gasteiger partial charge in [0.15, 0.2) is 0 Å². The molecule has 0 saturated carbocycles. The van der Waals surface area contributed by atoms with Crippen LogP contribution < -0.4 is 10.2 Å². The molecular formula is C15H20N6O. The highest BCUT2D eigenvalue weighted by Gasteiger charge is 2.16. The van der Waals surface area contributed by atoms with Crippen LogP contribution in [0.2, 0.25) is 0 Å². The Bertz CT molecular complexity index is 603. The fourth-order valence-corrected chi connectivity index (χ4v) is 2.52. The Kier molecular flexibility index (Phi) is 4.32. The van der Waals surface area contributed by atoms with E-state index in [0.29, 0.717) is 5.69 Å². The summed E-state index contributed by atoms with van der Waals surface area (Å²) in [5, 5.41) is 6.89. The van der Waals surface area contributed by atoms with E-state index in [-0.39, 0.29) is 11.9 Å². The molecule has 3 heterocycles. The number of aromatic nitrogens is 4. The summed E-state index contributed by atoms with van der Waals surface area (Å²) in [5.74, 6) is 0.593. The third kappa shape index (κ3) is 3.24. The van der Waals surface area contributed by atoms with Crippen molar-refractivity contribution < 1.29 is 4.79 Å². The monoisotopic (exact) mass is 300 g/mol. The van der Waals surface area contributed by atoms with Gasteiger partial charge in [-0.2, -0.15) is 5.10 Å². The van der Waals surface area contributed by atoms with Crippen molar-refractivity contribution in [1.29, 1.82) is 0 Å². The van der Waals surface area contributed by atoms with Crippen molar-refractivity contribution in [2.75, 3.05) is 23.3 Å². The number of hydrogen-bond donors (Lipinski definition) is 1. The summed E-state index contributed by atoms with van der Waals surface area (Å²) >= 11 is 0. The zero-order valence-electron chi connectivity index (χ0n) is 12.6. The molecule has 1 unspecified atom stereocenters. The summed E-state index contributed by atoms with van der Waals surface area (Å²) in [6.45, 7) is 3.80. The molecule has 116 valence electrons. The van der Waals surface area contributed by atoms with E-state index in [0.717, 1.165) is 19.0 Å². The molecule has 0 aromatic carbocycles. The minimum absolute atomic E-state index is 0.141. The third-order valence-electron chi connectivity index (χ3n) is 3.85. The highest BCUT2D eigenvalue weighted by atomic mass is 16.2. The van der Waals surface area contributed by atoms with Gasteiger partial charge < -0.3 is 10.2 Å². The molecule has 1 amide bonds. The minimum Gasteiger partial charge on any atom is -0.341 e. The summed E-state index contributed by atoms with van der Waals surface area (Å²) in [6.07, 6.45) is 10.4. The molecule has 2 aromatic rings. The van der Waals surface area contributed by atoms with Gasteiger partial charge in [0.05, 0.1) is 18.1 Å². The average molecular weight is 300 g/mol. The second-order valence-corrected chi connectivity index (χ2v) is 5.47. The Balaban J connectivity index is 1.62. The van der Waals surface area contributed by atoms with Gasteiger partial charge in [0, 0.05) is 25.5 Å². The van der Waals surface area contributed by atoms with Crippen molar-refractivity contribution in [3.63, 3.8) is 0 Å². The number of carbonyl (C=O) groups excluding carboxylic acids is 1. The fraction of sp³-hybridized carbons (Fsp3) is 0.467. The lowest BCUT2D eigenvalue weighted by Crippen LogP contribution is -2.31. The SMILES string of the molecule is CC(C(=O)Nc1cnc(N2CCCCC2)nc1)n1cccn1. The Hall–Kier alpha value is -2.44. The summed E-state index contributed by atoms with van der Waals surface area (Å²) in [5.41, 5.74) is 0.602. The van der Waals surface area contributed by atoms with Crippen molar-refractivity contribution in [2.24, 2.45) is 0 Å². The number of piperidine rings is 1. The number of amides is 1. The molecule has 1 fully saturated rings. The minimum atomic E-state index is -0.378. The van der Waals surface area contributed by atoms with E-state index in [2.05, 4.69) is 25.3 Å². The molecule has 1 N–H and O–H groups in total. The first kappa shape index (κ1) is 14.5. The van der Waals surface area contributed by atoms with Gasteiger partial charge in [-0.05, 0) is 32.3 Å². The lowest BCUT2D eigenvalue weighted by molar-refractivity contribution is -0.119. The van der Waals surface area contributed by atoms with Crippen molar-refractivity contribution in [3.8, 4) is 0 Å². The van der Waals surface area contributed by atoms with Crippen LogP contribution in [0.5, 0.6) is 0 Å². The molecular weight excluding hydrogens is 280 g/mol. The largest absolute Gasteiger partial charge is 0.341 e. The number of carbonyl (C=O) groups is 1. The van der Waals surface area contributed by atoms with Gasteiger partial charge >= 0.3 is 0 Å². The third-order valence-corrected chi connectivity index (χ3v) is 3.85. The van der Waals surface area contributed by atoms with E-state index in [9.17, 15) is 4.79 Å². The Morgan fingerprint density at radius 2 is 1.95 bits per heavy atom.